The Morgan fingerprint density at radius 2 is 1.96 bits per heavy atom. The van der Waals surface area contributed by atoms with Gasteiger partial charge in [0.05, 0.1) is 11.4 Å². The van der Waals surface area contributed by atoms with Gasteiger partial charge in [-0.1, -0.05) is 18.2 Å². The van der Waals surface area contributed by atoms with Crippen LogP contribution in [0.1, 0.15) is 11.3 Å². The fourth-order valence-electron chi connectivity index (χ4n) is 2.54. The van der Waals surface area contributed by atoms with Crippen molar-refractivity contribution < 1.29 is 9.59 Å². The third-order valence-electron chi connectivity index (χ3n) is 3.84. The third-order valence-corrected chi connectivity index (χ3v) is 4.81. The molecule has 2 heterocycles. The van der Waals surface area contributed by atoms with E-state index in [1.807, 2.05) is 49.3 Å². The molecule has 2 amide bonds. The molecule has 2 N–H and O–H groups in total. The number of carbonyl (C=O) groups excluding carboxylic acids is 2. The van der Waals surface area contributed by atoms with Gasteiger partial charge in [-0.3, -0.25) is 9.59 Å². The minimum absolute atomic E-state index is 0.422. The van der Waals surface area contributed by atoms with E-state index in [1.54, 1.807) is 16.4 Å². The SMILES string of the molecule is CN(C)CCNC(=O)C(=O)Nc1c2c(nn1-c1ccccc1)CSC2. The van der Waals surface area contributed by atoms with E-state index in [-0.39, 0.29) is 0 Å². The Bertz CT molecular complexity index is 773. The zero-order chi connectivity index (χ0) is 17.8. The molecule has 1 aromatic carbocycles. The van der Waals surface area contributed by atoms with Gasteiger partial charge in [-0.05, 0) is 26.2 Å². The van der Waals surface area contributed by atoms with Gasteiger partial charge in [-0.2, -0.15) is 16.9 Å². The average Bonchev–Trinajstić information content (AvgIpc) is 3.17. The van der Waals surface area contributed by atoms with E-state index in [0.29, 0.717) is 18.9 Å². The number of thioether (sulfide) groups is 1. The molecular formula is C17H21N5O2S. The molecule has 2 aromatic rings. The molecule has 3 rings (SSSR count). The van der Waals surface area contributed by atoms with E-state index >= 15 is 0 Å². The monoisotopic (exact) mass is 359 g/mol. The van der Waals surface area contributed by atoms with Gasteiger partial charge >= 0.3 is 11.8 Å². The van der Waals surface area contributed by atoms with Gasteiger partial charge < -0.3 is 15.5 Å². The van der Waals surface area contributed by atoms with Crippen molar-refractivity contribution in [3.05, 3.63) is 41.6 Å². The van der Waals surface area contributed by atoms with Gasteiger partial charge in [0.2, 0.25) is 0 Å². The molecule has 7 nitrogen and oxygen atoms in total. The number of para-hydroxylation sites is 1. The summed E-state index contributed by atoms with van der Waals surface area (Å²) in [5.41, 5.74) is 2.80. The second kappa shape index (κ2) is 7.71. The van der Waals surface area contributed by atoms with Crippen LogP contribution in [0.5, 0.6) is 0 Å². The van der Waals surface area contributed by atoms with E-state index in [2.05, 4.69) is 15.7 Å². The van der Waals surface area contributed by atoms with Crippen LogP contribution in [0.15, 0.2) is 30.3 Å². The number of benzene rings is 1. The first-order valence-corrected chi connectivity index (χ1v) is 9.19. The number of carbonyl (C=O) groups is 2. The van der Waals surface area contributed by atoms with E-state index in [4.69, 9.17) is 0 Å². The summed E-state index contributed by atoms with van der Waals surface area (Å²) in [7, 11) is 3.82. The number of nitrogens with zero attached hydrogens (tertiary/aromatic N) is 3. The van der Waals surface area contributed by atoms with Gasteiger partial charge in [-0.25, -0.2) is 4.68 Å². The number of hydrogen-bond acceptors (Lipinski definition) is 5. The first-order valence-electron chi connectivity index (χ1n) is 8.04. The minimum atomic E-state index is -0.671. The number of likely N-dealkylation sites (N-methyl/N-ethyl adjacent to an activating group) is 1. The third kappa shape index (κ3) is 4.02. The van der Waals surface area contributed by atoms with Crippen LogP contribution in [0.3, 0.4) is 0 Å². The highest BCUT2D eigenvalue weighted by atomic mass is 32.2. The van der Waals surface area contributed by atoms with Crippen molar-refractivity contribution in [2.45, 2.75) is 11.5 Å². The summed E-state index contributed by atoms with van der Waals surface area (Å²) in [4.78, 5) is 26.2. The first kappa shape index (κ1) is 17.5. The zero-order valence-corrected chi connectivity index (χ0v) is 15.1. The summed E-state index contributed by atoms with van der Waals surface area (Å²) in [6.45, 7) is 1.10. The van der Waals surface area contributed by atoms with Crippen LogP contribution in [-0.2, 0) is 21.1 Å². The quantitative estimate of drug-likeness (QED) is 0.785. The molecule has 1 aliphatic rings. The highest BCUT2D eigenvalue weighted by Gasteiger charge is 2.26. The molecule has 1 aliphatic heterocycles. The Morgan fingerprint density at radius 3 is 2.68 bits per heavy atom. The number of amides is 2. The Kier molecular flexibility index (Phi) is 5.40. The topological polar surface area (TPSA) is 79.3 Å². The van der Waals surface area contributed by atoms with Gasteiger partial charge in [0.15, 0.2) is 0 Å². The Balaban J connectivity index is 1.78. The summed E-state index contributed by atoms with van der Waals surface area (Å²) in [6.07, 6.45) is 0. The van der Waals surface area contributed by atoms with Gasteiger partial charge in [0, 0.05) is 30.2 Å². The maximum Gasteiger partial charge on any atom is 0.314 e. The molecule has 0 spiro atoms. The fourth-order valence-corrected chi connectivity index (χ4v) is 3.57. The normalized spacial score (nSPS) is 12.9. The maximum absolute atomic E-state index is 12.3. The molecule has 0 saturated heterocycles. The van der Waals surface area contributed by atoms with E-state index in [1.165, 1.54) is 0 Å². The molecule has 0 aliphatic carbocycles. The van der Waals surface area contributed by atoms with Crippen molar-refractivity contribution in [2.75, 3.05) is 32.5 Å². The van der Waals surface area contributed by atoms with Gasteiger partial charge in [0.1, 0.15) is 5.82 Å². The summed E-state index contributed by atoms with van der Waals surface area (Å²) in [5.74, 6) is 0.865. The molecule has 0 fully saturated rings. The second-order valence-electron chi connectivity index (χ2n) is 6.03. The molecular weight excluding hydrogens is 338 g/mol. The van der Waals surface area contributed by atoms with E-state index in [9.17, 15) is 9.59 Å². The summed E-state index contributed by atoms with van der Waals surface area (Å²) >= 11 is 1.75. The molecule has 0 saturated carbocycles. The van der Waals surface area contributed by atoms with Gasteiger partial charge in [-0.15, -0.1) is 0 Å². The van der Waals surface area contributed by atoms with Crippen LogP contribution in [0.25, 0.3) is 5.69 Å². The Labute approximate surface area is 150 Å². The van der Waals surface area contributed by atoms with Crippen LogP contribution in [-0.4, -0.2) is 53.7 Å². The smallest absolute Gasteiger partial charge is 0.314 e. The summed E-state index contributed by atoms with van der Waals surface area (Å²) in [5, 5.41) is 9.98. The van der Waals surface area contributed by atoms with Crippen molar-refractivity contribution in [1.29, 1.82) is 0 Å². The predicted molar refractivity (Wildman–Crippen MR) is 98.8 cm³/mol. The van der Waals surface area contributed by atoms with Crippen LogP contribution in [0, 0.1) is 0 Å². The number of aromatic nitrogens is 2. The molecule has 25 heavy (non-hydrogen) atoms. The standard InChI is InChI=1S/C17H21N5O2S/c1-21(2)9-8-18-16(23)17(24)19-15-13-10-25-11-14(13)20-22(15)12-6-4-3-5-7-12/h3-7H,8-11H2,1-2H3,(H,18,23)(H,19,24). The number of fused-ring (bicyclic) bond motifs is 1. The molecule has 132 valence electrons. The second-order valence-corrected chi connectivity index (χ2v) is 7.01. The van der Waals surface area contributed by atoms with Crippen LogP contribution < -0.4 is 10.6 Å². The zero-order valence-electron chi connectivity index (χ0n) is 14.3. The highest BCUT2D eigenvalue weighted by molar-refractivity contribution is 7.98. The molecule has 1 aromatic heterocycles. The number of anilines is 1. The number of nitrogens with one attached hydrogen (secondary N) is 2. The fraction of sp³-hybridized carbons (Fsp3) is 0.353. The van der Waals surface area contributed by atoms with Crippen molar-refractivity contribution in [3.63, 3.8) is 0 Å². The Hall–Kier alpha value is -2.32. The Morgan fingerprint density at radius 1 is 1.20 bits per heavy atom. The minimum Gasteiger partial charge on any atom is -0.347 e. The molecule has 0 unspecified atom stereocenters. The lowest BCUT2D eigenvalue weighted by Crippen LogP contribution is -2.39. The lowest BCUT2D eigenvalue weighted by atomic mass is 10.2. The van der Waals surface area contributed by atoms with Crippen LogP contribution in [0.2, 0.25) is 0 Å². The first-order chi connectivity index (χ1) is 12.1. The van der Waals surface area contributed by atoms with Crippen molar-refractivity contribution >= 4 is 29.4 Å². The predicted octanol–water partition coefficient (Wildman–Crippen LogP) is 1.24. The maximum atomic E-state index is 12.3. The van der Waals surface area contributed by atoms with E-state index < -0.39 is 11.8 Å². The van der Waals surface area contributed by atoms with E-state index in [0.717, 1.165) is 28.5 Å². The van der Waals surface area contributed by atoms with Crippen LogP contribution >= 0.6 is 11.8 Å². The lowest BCUT2D eigenvalue weighted by molar-refractivity contribution is -0.136. The van der Waals surface area contributed by atoms with Crippen molar-refractivity contribution in [2.24, 2.45) is 0 Å². The molecule has 8 heteroatoms. The lowest BCUT2D eigenvalue weighted by Gasteiger charge is -2.12. The molecule has 0 bridgehead atoms. The van der Waals surface area contributed by atoms with Gasteiger partial charge in [0.25, 0.3) is 0 Å². The van der Waals surface area contributed by atoms with Crippen LogP contribution in [0.4, 0.5) is 5.82 Å². The average molecular weight is 359 g/mol. The molecule has 0 radical (unpaired) electrons. The van der Waals surface area contributed by atoms with Crippen molar-refractivity contribution in [3.8, 4) is 5.69 Å². The van der Waals surface area contributed by atoms with Crippen molar-refractivity contribution in [1.82, 2.24) is 20.0 Å². The number of hydrogen-bond donors (Lipinski definition) is 2. The summed E-state index contributed by atoms with van der Waals surface area (Å²) < 4.78 is 1.70. The molecule has 0 atom stereocenters. The highest BCUT2D eigenvalue weighted by Crippen LogP contribution is 2.35. The number of rotatable bonds is 5. The summed E-state index contributed by atoms with van der Waals surface area (Å²) in [6, 6.07) is 9.59. The largest absolute Gasteiger partial charge is 0.347 e.